The molecule has 0 amide bonds. The minimum atomic E-state index is -0.588. The van der Waals surface area contributed by atoms with Gasteiger partial charge in [-0.15, -0.1) is 0 Å². The number of fused-ring (bicyclic) bond motifs is 21. The fraction of sp³-hybridized carbons (Fsp3) is 1.00. The smallest absolute Gasteiger partial charge is 0.0897 e. The number of ether oxygens (including phenoxy) is 3. The highest BCUT2D eigenvalue weighted by Gasteiger charge is 2.31. The van der Waals surface area contributed by atoms with Crippen LogP contribution in [0.1, 0.15) is 13.3 Å². The summed E-state index contributed by atoms with van der Waals surface area (Å²) in [5.41, 5.74) is -0.412. The van der Waals surface area contributed by atoms with Crippen molar-refractivity contribution < 1.29 is 29.5 Å². The van der Waals surface area contributed by atoms with E-state index in [0.717, 1.165) is 45.7 Å². The van der Waals surface area contributed by atoms with Crippen molar-refractivity contribution in [3.8, 4) is 0 Å². The number of aliphatic hydroxyl groups excluding tert-OH is 3. The molecule has 3 unspecified atom stereocenters. The molecule has 6 N–H and O–H groups in total. The van der Waals surface area contributed by atoms with Crippen LogP contribution in [-0.4, -0.2) is 137 Å². The van der Waals surface area contributed by atoms with Crippen LogP contribution in [0.25, 0.3) is 0 Å². The normalized spacial score (nSPS) is 37.2. The first kappa shape index (κ1) is 26.8. The summed E-state index contributed by atoms with van der Waals surface area (Å²) in [6.45, 7) is 10.1. The van der Waals surface area contributed by atoms with Crippen molar-refractivity contribution in [2.24, 2.45) is 5.41 Å². The van der Waals surface area contributed by atoms with Crippen LogP contribution in [0.15, 0.2) is 0 Å². The summed E-state index contributed by atoms with van der Waals surface area (Å²) in [4.78, 5) is 2.31. The number of nitrogens with one attached hydrogen (secondary N) is 3. The number of rotatable bonds is 1. The summed E-state index contributed by atoms with van der Waals surface area (Å²) in [7, 11) is 0. The molecule has 0 saturated carbocycles. The van der Waals surface area contributed by atoms with E-state index in [1.54, 1.807) is 0 Å². The molecule has 3 heterocycles. The van der Waals surface area contributed by atoms with E-state index in [1.165, 1.54) is 0 Å². The maximum absolute atomic E-state index is 10.3. The van der Waals surface area contributed by atoms with Crippen molar-refractivity contribution in [2.45, 2.75) is 31.7 Å². The molecule has 10 heteroatoms. The van der Waals surface area contributed by atoms with Gasteiger partial charge in [0.1, 0.15) is 0 Å². The van der Waals surface area contributed by atoms with Gasteiger partial charge in [-0.1, -0.05) is 6.92 Å². The van der Waals surface area contributed by atoms with Crippen LogP contribution in [-0.2, 0) is 14.2 Å². The Hall–Kier alpha value is -0.400. The molecule has 3 saturated heterocycles. The summed E-state index contributed by atoms with van der Waals surface area (Å²) >= 11 is 0. The van der Waals surface area contributed by atoms with Gasteiger partial charge in [-0.2, -0.15) is 0 Å². The third-order valence-electron chi connectivity index (χ3n) is 5.86. The van der Waals surface area contributed by atoms with Crippen LogP contribution in [0.5, 0.6) is 0 Å². The quantitative estimate of drug-likeness (QED) is 0.259. The standard InChI is InChI=1S/C21H44N4O6/c1-2-21-15-29-12-18(26)9-22-3-6-25(7-4-23-10-19(27)13-30-16-21)8-5-24-11-20(28)14-31-17-21/h18-20,22-24,26-28H,2-17H2,1H3. The fourth-order valence-electron chi connectivity index (χ4n) is 3.70. The van der Waals surface area contributed by atoms with Gasteiger partial charge in [-0.25, -0.2) is 0 Å². The Balaban J connectivity index is 2.11. The third kappa shape index (κ3) is 11.3. The molecular formula is C21H44N4O6. The Bertz CT molecular complexity index is 402. The number of aliphatic hydroxyl groups is 3. The van der Waals surface area contributed by atoms with Crippen LogP contribution in [0.3, 0.4) is 0 Å². The van der Waals surface area contributed by atoms with Gasteiger partial charge in [0.15, 0.2) is 0 Å². The van der Waals surface area contributed by atoms with Crippen molar-refractivity contribution >= 4 is 0 Å². The maximum atomic E-state index is 10.3. The second kappa shape index (κ2) is 15.4. The molecule has 10 nitrogen and oxygen atoms in total. The van der Waals surface area contributed by atoms with E-state index in [2.05, 4.69) is 20.9 Å². The molecule has 3 aliphatic rings. The van der Waals surface area contributed by atoms with E-state index in [1.807, 2.05) is 6.92 Å². The SMILES string of the molecule is CCC12COCC(O)CNCCN(CCNCC(O)COC1)CCNCC(O)COC2. The summed E-state index contributed by atoms with van der Waals surface area (Å²) in [5.74, 6) is 0. The Labute approximate surface area is 186 Å². The summed E-state index contributed by atoms with van der Waals surface area (Å²) < 4.78 is 17.6. The second-order valence-electron chi connectivity index (χ2n) is 8.81. The molecule has 3 atom stereocenters. The predicted octanol–water partition coefficient (Wildman–Crippen LogP) is -2.39. The van der Waals surface area contributed by atoms with E-state index < -0.39 is 23.7 Å². The summed E-state index contributed by atoms with van der Waals surface area (Å²) in [6, 6.07) is 0. The van der Waals surface area contributed by atoms with Gasteiger partial charge in [0, 0.05) is 64.3 Å². The highest BCUT2D eigenvalue weighted by molar-refractivity contribution is 4.79. The molecule has 0 aromatic heterocycles. The molecule has 0 radical (unpaired) electrons. The lowest BCUT2D eigenvalue weighted by Gasteiger charge is -2.33. The first-order chi connectivity index (χ1) is 15.0. The number of hydrogen-bond acceptors (Lipinski definition) is 10. The van der Waals surface area contributed by atoms with E-state index in [0.29, 0.717) is 39.5 Å². The highest BCUT2D eigenvalue weighted by Crippen LogP contribution is 2.24. The lowest BCUT2D eigenvalue weighted by atomic mass is 9.88. The predicted molar refractivity (Wildman–Crippen MR) is 118 cm³/mol. The molecule has 31 heavy (non-hydrogen) atoms. The molecule has 0 aromatic rings. The van der Waals surface area contributed by atoms with Crippen LogP contribution in [0.4, 0.5) is 0 Å². The third-order valence-corrected chi connectivity index (χ3v) is 5.86. The fourth-order valence-corrected chi connectivity index (χ4v) is 3.70. The lowest BCUT2D eigenvalue weighted by molar-refractivity contribution is -0.0995. The van der Waals surface area contributed by atoms with Crippen molar-refractivity contribution in [3.63, 3.8) is 0 Å². The molecule has 0 aliphatic carbocycles. The van der Waals surface area contributed by atoms with Crippen molar-refractivity contribution in [1.82, 2.24) is 20.9 Å². The highest BCUT2D eigenvalue weighted by atomic mass is 16.5. The molecular weight excluding hydrogens is 404 g/mol. The molecule has 184 valence electrons. The Morgan fingerprint density at radius 2 is 1.06 bits per heavy atom. The van der Waals surface area contributed by atoms with E-state index in [4.69, 9.17) is 14.2 Å². The number of hydrogen-bond donors (Lipinski definition) is 6. The van der Waals surface area contributed by atoms with Gasteiger partial charge < -0.3 is 45.5 Å². The maximum Gasteiger partial charge on any atom is 0.0897 e. The van der Waals surface area contributed by atoms with Gasteiger partial charge in [-0.05, 0) is 6.42 Å². The first-order valence-electron chi connectivity index (χ1n) is 11.6. The molecule has 3 aliphatic heterocycles. The Kier molecular flexibility index (Phi) is 13.4. The van der Waals surface area contributed by atoms with Gasteiger partial charge in [0.25, 0.3) is 0 Å². The Morgan fingerprint density at radius 3 is 1.39 bits per heavy atom. The van der Waals surface area contributed by atoms with Crippen molar-refractivity contribution in [1.29, 1.82) is 0 Å². The first-order valence-corrected chi connectivity index (χ1v) is 11.6. The summed E-state index contributed by atoms with van der Waals surface area (Å²) in [6.07, 6.45) is -1.02. The van der Waals surface area contributed by atoms with Crippen LogP contribution < -0.4 is 16.0 Å². The van der Waals surface area contributed by atoms with Gasteiger partial charge in [-0.3, -0.25) is 4.90 Å². The van der Waals surface area contributed by atoms with E-state index in [9.17, 15) is 15.3 Å². The Morgan fingerprint density at radius 1 is 0.710 bits per heavy atom. The van der Waals surface area contributed by atoms with Crippen LogP contribution >= 0.6 is 0 Å². The molecule has 0 spiro atoms. The minimum Gasteiger partial charge on any atom is -0.389 e. The largest absolute Gasteiger partial charge is 0.389 e. The zero-order chi connectivity index (χ0) is 22.4. The minimum absolute atomic E-state index is 0.234. The summed E-state index contributed by atoms with van der Waals surface area (Å²) in [5, 5.41) is 40.7. The molecule has 2 bridgehead atoms. The van der Waals surface area contributed by atoms with Crippen molar-refractivity contribution in [2.75, 3.05) is 98.5 Å². The molecule has 3 rings (SSSR count). The molecule has 0 aromatic carbocycles. The van der Waals surface area contributed by atoms with Gasteiger partial charge >= 0.3 is 0 Å². The van der Waals surface area contributed by atoms with Gasteiger partial charge in [0.05, 0.1) is 58.0 Å². The van der Waals surface area contributed by atoms with Crippen LogP contribution in [0, 0.1) is 5.41 Å². The zero-order valence-corrected chi connectivity index (χ0v) is 19.1. The number of nitrogens with zero attached hydrogens (tertiary/aromatic N) is 1. The van der Waals surface area contributed by atoms with Gasteiger partial charge in [0.2, 0.25) is 0 Å². The zero-order valence-electron chi connectivity index (χ0n) is 19.1. The average Bonchev–Trinajstić information content (AvgIpc) is 2.75. The van der Waals surface area contributed by atoms with E-state index >= 15 is 0 Å². The second-order valence-corrected chi connectivity index (χ2v) is 8.81. The van der Waals surface area contributed by atoms with Crippen LogP contribution in [0.2, 0.25) is 0 Å². The van der Waals surface area contributed by atoms with E-state index in [-0.39, 0.29) is 19.8 Å². The lowest BCUT2D eigenvalue weighted by Crippen LogP contribution is -2.45. The monoisotopic (exact) mass is 448 g/mol. The van der Waals surface area contributed by atoms with Crippen molar-refractivity contribution in [3.05, 3.63) is 0 Å². The topological polar surface area (TPSA) is 128 Å². The average molecular weight is 449 g/mol. The molecule has 3 fully saturated rings.